The van der Waals surface area contributed by atoms with Gasteiger partial charge in [-0.3, -0.25) is 0 Å². The molecule has 0 aromatic carbocycles. The third-order valence-electron chi connectivity index (χ3n) is 3.75. The molecule has 0 radical (unpaired) electrons. The fraction of sp³-hybridized carbons (Fsp3) is 0.706. The second-order valence-electron chi connectivity index (χ2n) is 5.71. The molecule has 0 aromatic heterocycles. The number of rotatable bonds is 6. The Morgan fingerprint density at radius 3 is 2.58 bits per heavy atom. The molecule has 1 aliphatic rings. The van der Waals surface area contributed by atoms with E-state index in [1.54, 1.807) is 0 Å². The number of carbonyl (C=O) groups excluding carboxylic acids is 1. The molecule has 1 aliphatic carbocycles. The van der Waals surface area contributed by atoms with Crippen molar-refractivity contribution in [3.63, 3.8) is 0 Å². The Hall–Kier alpha value is -1.05. The summed E-state index contributed by atoms with van der Waals surface area (Å²) in [7, 11) is 0. The van der Waals surface area contributed by atoms with Crippen LogP contribution in [-0.2, 0) is 9.53 Å². The van der Waals surface area contributed by atoms with E-state index in [0.717, 1.165) is 11.5 Å². The molecule has 0 spiro atoms. The van der Waals surface area contributed by atoms with Crippen LogP contribution in [0.1, 0.15) is 59.3 Å². The van der Waals surface area contributed by atoms with Gasteiger partial charge in [-0.1, -0.05) is 56.8 Å². The van der Waals surface area contributed by atoms with E-state index in [0.29, 0.717) is 12.5 Å². The van der Waals surface area contributed by atoms with Gasteiger partial charge in [0.15, 0.2) is 0 Å². The van der Waals surface area contributed by atoms with Gasteiger partial charge < -0.3 is 4.74 Å². The van der Waals surface area contributed by atoms with Crippen molar-refractivity contribution in [2.45, 2.75) is 59.3 Å². The van der Waals surface area contributed by atoms with Crippen LogP contribution in [0.2, 0.25) is 0 Å². The average Bonchev–Trinajstić information content (AvgIpc) is 2.38. The molecule has 1 fully saturated rings. The zero-order valence-corrected chi connectivity index (χ0v) is 12.7. The van der Waals surface area contributed by atoms with Gasteiger partial charge in [0.05, 0.1) is 6.61 Å². The number of carbonyl (C=O) groups is 1. The summed E-state index contributed by atoms with van der Waals surface area (Å²) in [5.41, 5.74) is 1.15. The molecule has 2 nitrogen and oxygen atoms in total. The van der Waals surface area contributed by atoms with Crippen LogP contribution in [0.25, 0.3) is 0 Å². The van der Waals surface area contributed by atoms with E-state index in [1.807, 2.05) is 19.9 Å². The number of esters is 1. The second-order valence-corrected chi connectivity index (χ2v) is 5.71. The van der Waals surface area contributed by atoms with Crippen molar-refractivity contribution in [3.8, 4) is 0 Å². The minimum Gasteiger partial charge on any atom is -0.463 e. The fourth-order valence-corrected chi connectivity index (χ4v) is 2.91. The third-order valence-corrected chi connectivity index (χ3v) is 3.75. The lowest BCUT2D eigenvalue weighted by atomic mass is 9.83. The number of hydrogen-bond acceptors (Lipinski definition) is 2. The normalized spacial score (nSPS) is 19.6. The van der Waals surface area contributed by atoms with Crippen LogP contribution in [0.15, 0.2) is 23.8 Å². The van der Waals surface area contributed by atoms with Crippen molar-refractivity contribution < 1.29 is 9.53 Å². The quantitative estimate of drug-likeness (QED) is 0.396. The molecule has 0 N–H and O–H groups in total. The molecule has 0 saturated heterocycles. The first-order valence-electron chi connectivity index (χ1n) is 7.65. The zero-order valence-electron chi connectivity index (χ0n) is 12.7. The minimum atomic E-state index is -0.254. The van der Waals surface area contributed by atoms with Crippen LogP contribution in [0, 0.1) is 11.8 Å². The molecule has 0 amide bonds. The smallest absolute Gasteiger partial charge is 0.330 e. The molecular weight excluding hydrogens is 236 g/mol. The summed E-state index contributed by atoms with van der Waals surface area (Å²) in [4.78, 5) is 11.2. The zero-order chi connectivity index (χ0) is 14.1. The minimum absolute atomic E-state index is 0.254. The van der Waals surface area contributed by atoms with Gasteiger partial charge in [-0.05, 0) is 32.1 Å². The first kappa shape index (κ1) is 16.0. The predicted molar refractivity (Wildman–Crippen MR) is 79.9 cm³/mol. The lowest BCUT2D eigenvalue weighted by Crippen LogP contribution is -2.09. The van der Waals surface area contributed by atoms with E-state index in [2.05, 4.69) is 13.0 Å². The highest BCUT2D eigenvalue weighted by Gasteiger charge is 2.15. The van der Waals surface area contributed by atoms with Crippen molar-refractivity contribution in [1.82, 2.24) is 0 Å². The summed E-state index contributed by atoms with van der Waals surface area (Å²) in [6.45, 7) is 6.58. The van der Waals surface area contributed by atoms with Crippen molar-refractivity contribution >= 4 is 5.97 Å². The van der Waals surface area contributed by atoms with Crippen molar-refractivity contribution in [2.24, 2.45) is 11.8 Å². The van der Waals surface area contributed by atoms with Gasteiger partial charge in [0.2, 0.25) is 0 Å². The van der Waals surface area contributed by atoms with Crippen LogP contribution in [0.4, 0.5) is 0 Å². The maximum absolute atomic E-state index is 11.2. The summed E-state index contributed by atoms with van der Waals surface area (Å²) >= 11 is 0. The van der Waals surface area contributed by atoms with Crippen molar-refractivity contribution in [1.29, 1.82) is 0 Å². The third kappa shape index (κ3) is 7.19. The fourth-order valence-electron chi connectivity index (χ4n) is 2.91. The van der Waals surface area contributed by atoms with Crippen molar-refractivity contribution in [3.05, 3.63) is 23.8 Å². The maximum atomic E-state index is 11.2. The van der Waals surface area contributed by atoms with E-state index in [9.17, 15) is 4.79 Å². The SMILES string of the molecule is CCOC(=O)/C=C/C(C)=C/C(C)CC1CCCCC1. The molecule has 0 aromatic rings. The molecule has 2 heteroatoms. The Balaban J connectivity index is 2.37. The topological polar surface area (TPSA) is 26.3 Å². The van der Waals surface area contributed by atoms with E-state index >= 15 is 0 Å². The first-order chi connectivity index (χ1) is 9.11. The molecule has 0 bridgehead atoms. The molecule has 1 saturated carbocycles. The second kappa shape index (κ2) is 8.95. The predicted octanol–water partition coefficient (Wildman–Crippen LogP) is 4.66. The Kier molecular flexibility index (Phi) is 7.54. The monoisotopic (exact) mass is 264 g/mol. The van der Waals surface area contributed by atoms with E-state index in [-0.39, 0.29) is 5.97 Å². The van der Waals surface area contributed by atoms with Gasteiger partial charge in [0, 0.05) is 6.08 Å². The summed E-state index contributed by atoms with van der Waals surface area (Å²) in [5, 5.41) is 0. The van der Waals surface area contributed by atoms with Gasteiger partial charge in [0.25, 0.3) is 0 Å². The van der Waals surface area contributed by atoms with Gasteiger partial charge >= 0.3 is 5.97 Å². The molecule has 19 heavy (non-hydrogen) atoms. The van der Waals surface area contributed by atoms with Gasteiger partial charge in [-0.2, -0.15) is 0 Å². The largest absolute Gasteiger partial charge is 0.463 e. The molecule has 1 rings (SSSR count). The van der Waals surface area contributed by atoms with Crippen molar-refractivity contribution in [2.75, 3.05) is 6.61 Å². The highest BCUT2D eigenvalue weighted by atomic mass is 16.5. The lowest BCUT2D eigenvalue weighted by Gasteiger charge is -2.23. The molecule has 1 unspecified atom stereocenters. The van der Waals surface area contributed by atoms with Gasteiger partial charge in [-0.15, -0.1) is 0 Å². The Morgan fingerprint density at radius 1 is 1.26 bits per heavy atom. The van der Waals surface area contributed by atoms with E-state index in [1.165, 1.54) is 44.6 Å². The highest BCUT2D eigenvalue weighted by molar-refractivity contribution is 5.82. The molecule has 0 heterocycles. The highest BCUT2D eigenvalue weighted by Crippen LogP contribution is 2.29. The van der Waals surface area contributed by atoms with E-state index < -0.39 is 0 Å². The van der Waals surface area contributed by atoms with Crippen LogP contribution >= 0.6 is 0 Å². The number of allylic oxidation sites excluding steroid dienone is 3. The molecular formula is C17H28O2. The molecule has 1 atom stereocenters. The maximum Gasteiger partial charge on any atom is 0.330 e. The Bertz CT molecular complexity index is 322. The molecule has 0 aliphatic heterocycles. The average molecular weight is 264 g/mol. The lowest BCUT2D eigenvalue weighted by molar-refractivity contribution is -0.137. The molecule has 108 valence electrons. The van der Waals surface area contributed by atoms with Crippen LogP contribution < -0.4 is 0 Å². The first-order valence-corrected chi connectivity index (χ1v) is 7.65. The number of ether oxygens (including phenoxy) is 1. The summed E-state index contributed by atoms with van der Waals surface area (Å²) < 4.78 is 4.87. The standard InChI is InChI=1S/C17H28O2/c1-4-19-17(18)11-10-14(2)12-15(3)13-16-8-6-5-7-9-16/h10-12,15-16H,4-9,13H2,1-3H3/b11-10+,14-12+. The Morgan fingerprint density at radius 2 is 1.95 bits per heavy atom. The summed E-state index contributed by atoms with van der Waals surface area (Å²) in [6, 6.07) is 0. The van der Waals surface area contributed by atoms with Crippen LogP contribution in [0.5, 0.6) is 0 Å². The Labute approximate surface area is 117 Å². The van der Waals surface area contributed by atoms with Crippen LogP contribution in [0.3, 0.4) is 0 Å². The van der Waals surface area contributed by atoms with Gasteiger partial charge in [0.1, 0.15) is 0 Å². The number of hydrogen-bond donors (Lipinski definition) is 0. The van der Waals surface area contributed by atoms with Crippen LogP contribution in [-0.4, -0.2) is 12.6 Å². The summed E-state index contributed by atoms with van der Waals surface area (Å²) in [5.74, 6) is 1.24. The van der Waals surface area contributed by atoms with Gasteiger partial charge in [-0.25, -0.2) is 4.79 Å². The summed E-state index contributed by atoms with van der Waals surface area (Å²) in [6.07, 6.45) is 14.0. The van der Waals surface area contributed by atoms with E-state index in [4.69, 9.17) is 4.74 Å².